The molecule has 0 spiro atoms. The van der Waals surface area contributed by atoms with Gasteiger partial charge in [0.05, 0.1) is 6.42 Å². The number of hydrogen-bond donors (Lipinski definition) is 9. The van der Waals surface area contributed by atoms with Gasteiger partial charge in [-0.3, -0.25) is 43.7 Å². The summed E-state index contributed by atoms with van der Waals surface area (Å²) in [6.45, 7) is 4.30. The molecule has 378 valence electrons. The molecule has 0 radical (unpaired) electrons. The van der Waals surface area contributed by atoms with E-state index in [9.17, 15) is 43.2 Å². The molecule has 0 aliphatic carbocycles. The van der Waals surface area contributed by atoms with Crippen LogP contribution in [0.2, 0.25) is 0 Å². The number of nitrogens with zero attached hydrogens (tertiary/aromatic N) is 1. The molecule has 3 heterocycles. The molecule has 0 saturated carbocycles. The van der Waals surface area contributed by atoms with Crippen LogP contribution >= 0.6 is 11.3 Å². The van der Waals surface area contributed by atoms with Crippen molar-refractivity contribution in [2.75, 3.05) is 13.1 Å². The molecule has 7 atom stereocenters. The Hall–Kier alpha value is -7.19. The van der Waals surface area contributed by atoms with Crippen LogP contribution in [0.5, 0.6) is 0 Å². The zero-order valence-electron chi connectivity index (χ0n) is 39.9. The summed E-state index contributed by atoms with van der Waals surface area (Å²) in [6, 6.07) is 18.6. The van der Waals surface area contributed by atoms with E-state index >= 15 is 0 Å². The van der Waals surface area contributed by atoms with Crippen molar-refractivity contribution in [2.24, 2.45) is 17.4 Å². The third kappa shape index (κ3) is 15.4. The second-order valence-corrected chi connectivity index (χ2v) is 19.6. The number of rotatable bonds is 24. The van der Waals surface area contributed by atoms with Gasteiger partial charge in [-0.15, -0.1) is 11.3 Å². The maximum absolute atomic E-state index is 14.5. The van der Waals surface area contributed by atoms with Crippen LogP contribution < -0.4 is 48.7 Å². The molecule has 4 aromatic rings. The maximum Gasteiger partial charge on any atom is 0.322 e. The van der Waals surface area contributed by atoms with Gasteiger partial charge in [0.25, 0.3) is 0 Å². The minimum Gasteiger partial charge on any atom is -0.368 e. The second-order valence-electron chi connectivity index (χ2n) is 18.4. The number of urea groups is 1. The van der Waals surface area contributed by atoms with E-state index in [2.05, 4.69) is 37.2 Å². The van der Waals surface area contributed by atoms with E-state index in [4.69, 9.17) is 11.5 Å². The fraction of sp³-hybridized carbons (Fsp3) is 0.431. The average molecular weight is 993 g/mol. The molecule has 11 N–H and O–H groups in total. The number of thiophene rings is 1. The Balaban J connectivity index is 1.19. The van der Waals surface area contributed by atoms with Crippen molar-refractivity contribution in [1.82, 2.24) is 42.1 Å². The highest BCUT2D eigenvalue weighted by Gasteiger charge is 2.40. The van der Waals surface area contributed by atoms with E-state index in [1.807, 2.05) is 74.5 Å². The van der Waals surface area contributed by atoms with Crippen molar-refractivity contribution in [2.45, 2.75) is 120 Å². The summed E-state index contributed by atoms with van der Waals surface area (Å²) < 4.78 is 0.982. The molecule has 2 aliphatic rings. The number of fused-ring (bicyclic) bond motifs is 1. The molecule has 2 aliphatic heterocycles. The minimum absolute atomic E-state index is 0.00364. The van der Waals surface area contributed by atoms with Crippen LogP contribution in [0.25, 0.3) is 10.1 Å². The highest BCUT2D eigenvalue weighted by Crippen LogP contribution is 2.27. The van der Waals surface area contributed by atoms with E-state index < -0.39 is 95.6 Å². The van der Waals surface area contributed by atoms with Crippen LogP contribution in [-0.4, -0.2) is 114 Å². The van der Waals surface area contributed by atoms with Gasteiger partial charge in [-0.05, 0) is 79.6 Å². The first-order valence-corrected chi connectivity index (χ1v) is 24.9. The van der Waals surface area contributed by atoms with Gasteiger partial charge in [0.15, 0.2) is 0 Å². The lowest BCUT2D eigenvalue weighted by Gasteiger charge is -2.31. The Kier molecular flexibility index (Phi) is 19.2. The third-order valence-corrected chi connectivity index (χ3v) is 13.6. The van der Waals surface area contributed by atoms with E-state index in [0.717, 1.165) is 20.5 Å². The lowest BCUT2D eigenvalue weighted by molar-refractivity contribution is -0.142. The number of carbonyl (C=O) groups excluding carboxylic acids is 9. The molecule has 0 bridgehead atoms. The van der Waals surface area contributed by atoms with Gasteiger partial charge in [-0.25, -0.2) is 4.79 Å². The number of benzene rings is 3. The Labute approximate surface area is 416 Å². The number of primary amides is 1. The Bertz CT molecular complexity index is 2490. The predicted molar refractivity (Wildman–Crippen MR) is 267 cm³/mol. The Morgan fingerprint density at radius 1 is 0.690 bits per heavy atom. The van der Waals surface area contributed by atoms with Crippen molar-refractivity contribution in [3.63, 3.8) is 0 Å². The van der Waals surface area contributed by atoms with Gasteiger partial charge in [-0.2, -0.15) is 0 Å². The molecule has 1 aromatic heterocycles. The quantitative estimate of drug-likeness (QED) is 0.0489. The molecule has 20 heteroatoms. The summed E-state index contributed by atoms with van der Waals surface area (Å²) in [6.07, 6.45) is 1.70. The van der Waals surface area contributed by atoms with Crippen LogP contribution in [0.4, 0.5) is 4.79 Å². The lowest BCUT2D eigenvalue weighted by atomic mass is 10.0. The van der Waals surface area contributed by atoms with Gasteiger partial charge in [0.1, 0.15) is 42.3 Å². The molecule has 2 fully saturated rings. The standard InChI is InChI=1S/C51H64N10O9S/c1-30(2)21-22-35(45(64)58-39(28-34-27-33-17-9-10-20-42(33)71-34)47(66)56-37(44(53)63)25-31-13-5-3-6-14-31)54-49(68)41-19-12-24-61(41)50(69)36(18-11-23-52)55-46(65)38(26-32-15-7-4-8-16-32)57-48(67)40-29-43(62)60-51(70)59-40/h3-10,13-17,20,27,30,35-41H,11-12,18-19,21-26,28-29,52H2,1-2H3,(H2,53,63)(H,54,68)(H,55,65)(H,56,66)(H,57,67)(H,58,64)(H2,59,60,62,70)/t35-,36+,37+,38+,39+,40+,41+/m1/s1. The number of likely N-dealkylation sites (tertiary alicyclic amines) is 1. The highest BCUT2D eigenvalue weighted by atomic mass is 32.1. The van der Waals surface area contributed by atoms with E-state index in [0.29, 0.717) is 24.8 Å². The molecule has 3 aromatic carbocycles. The predicted octanol–water partition coefficient (Wildman–Crippen LogP) is 1.60. The SMILES string of the molecule is CC(C)CC[C@@H](NC(=O)[C@@H]1CCCN1C(=O)[C@H](CCCN)NC(=O)[C@H](Cc1ccccc1)NC(=O)[C@@H]1CC(=O)NC(=O)N1)C(=O)N[C@@H](Cc1cc2ccccc2s1)C(=O)N[C@@H](Cc1ccccc1)C(N)=O. The fourth-order valence-electron chi connectivity index (χ4n) is 8.65. The maximum atomic E-state index is 14.5. The summed E-state index contributed by atoms with van der Waals surface area (Å²) in [5, 5.41) is 19.4. The summed E-state index contributed by atoms with van der Waals surface area (Å²) >= 11 is 1.46. The normalized spacial score (nSPS) is 17.7. The van der Waals surface area contributed by atoms with Crippen molar-refractivity contribution >= 4 is 74.7 Å². The molecule has 6 rings (SSSR count). The van der Waals surface area contributed by atoms with E-state index in [1.54, 1.807) is 30.3 Å². The topological polar surface area (TPSA) is 293 Å². The zero-order valence-corrected chi connectivity index (χ0v) is 40.8. The summed E-state index contributed by atoms with van der Waals surface area (Å²) in [5.74, 6) is -5.21. The first-order valence-electron chi connectivity index (χ1n) is 24.1. The average Bonchev–Trinajstić information content (AvgIpc) is 4.01. The number of hydrogen-bond acceptors (Lipinski definition) is 11. The van der Waals surface area contributed by atoms with Crippen molar-refractivity contribution in [3.05, 3.63) is 107 Å². The Morgan fingerprint density at radius 3 is 1.89 bits per heavy atom. The number of carbonyl (C=O) groups is 9. The minimum atomic E-state index is -1.24. The van der Waals surface area contributed by atoms with Crippen molar-refractivity contribution < 1.29 is 43.2 Å². The highest BCUT2D eigenvalue weighted by molar-refractivity contribution is 7.19. The molecule has 10 amide bonds. The van der Waals surface area contributed by atoms with Crippen LogP contribution in [0, 0.1) is 5.92 Å². The summed E-state index contributed by atoms with van der Waals surface area (Å²) in [5.41, 5.74) is 13.1. The zero-order chi connectivity index (χ0) is 51.0. The van der Waals surface area contributed by atoms with Gasteiger partial charge in [-0.1, -0.05) is 92.7 Å². The molecule has 2 saturated heterocycles. The molecule has 19 nitrogen and oxygen atoms in total. The summed E-state index contributed by atoms with van der Waals surface area (Å²) in [7, 11) is 0. The second kappa shape index (κ2) is 25.6. The first-order chi connectivity index (χ1) is 34.1. The van der Waals surface area contributed by atoms with Gasteiger partial charge >= 0.3 is 6.03 Å². The molecular weight excluding hydrogens is 929 g/mol. The number of nitrogens with one attached hydrogen (secondary N) is 7. The van der Waals surface area contributed by atoms with Gasteiger partial charge < -0.3 is 48.3 Å². The number of imide groups is 1. The van der Waals surface area contributed by atoms with Gasteiger partial charge in [0, 0.05) is 35.4 Å². The monoisotopic (exact) mass is 992 g/mol. The third-order valence-electron chi connectivity index (χ3n) is 12.5. The van der Waals surface area contributed by atoms with E-state index in [1.165, 1.54) is 16.2 Å². The van der Waals surface area contributed by atoms with Crippen LogP contribution in [0.3, 0.4) is 0 Å². The Morgan fingerprint density at radius 2 is 1.27 bits per heavy atom. The van der Waals surface area contributed by atoms with Crippen LogP contribution in [0.15, 0.2) is 91.0 Å². The molecule has 71 heavy (non-hydrogen) atoms. The smallest absolute Gasteiger partial charge is 0.322 e. The van der Waals surface area contributed by atoms with Crippen LogP contribution in [0.1, 0.15) is 74.8 Å². The van der Waals surface area contributed by atoms with Crippen LogP contribution in [-0.2, 0) is 57.6 Å². The van der Waals surface area contributed by atoms with Crippen molar-refractivity contribution in [3.8, 4) is 0 Å². The number of nitrogens with two attached hydrogens (primary N) is 2. The lowest BCUT2D eigenvalue weighted by Crippen LogP contribution is -2.61. The largest absolute Gasteiger partial charge is 0.368 e. The van der Waals surface area contributed by atoms with E-state index in [-0.39, 0.29) is 64.0 Å². The number of amides is 10. The van der Waals surface area contributed by atoms with Gasteiger partial charge in [0.2, 0.25) is 47.3 Å². The van der Waals surface area contributed by atoms with Crippen molar-refractivity contribution in [1.29, 1.82) is 0 Å². The summed E-state index contributed by atoms with van der Waals surface area (Å²) in [4.78, 5) is 124. The fourth-order valence-corrected chi connectivity index (χ4v) is 9.76. The molecular formula is C51H64N10O9S. The first kappa shape index (κ1) is 53.2. The molecule has 0 unspecified atom stereocenters.